The summed E-state index contributed by atoms with van der Waals surface area (Å²) in [6.45, 7) is 1.68. The number of halogens is 6. The van der Waals surface area contributed by atoms with Crippen LogP contribution in [0.2, 0.25) is 5.02 Å². The van der Waals surface area contributed by atoms with Crippen molar-refractivity contribution >= 4 is 38.8 Å². The molecule has 1 heterocycles. The van der Waals surface area contributed by atoms with E-state index in [9.17, 15) is 30.4 Å². The summed E-state index contributed by atoms with van der Waals surface area (Å²) < 4.78 is 102. The van der Waals surface area contributed by atoms with E-state index in [1.165, 1.54) is 30.1 Å². The predicted molar refractivity (Wildman–Crippen MR) is 127 cm³/mol. The Morgan fingerprint density at radius 3 is 2.39 bits per heavy atom. The van der Waals surface area contributed by atoms with Crippen molar-refractivity contribution in [1.29, 1.82) is 0 Å². The number of hydrogen-bond donors (Lipinski definition) is 1. The van der Waals surface area contributed by atoms with Gasteiger partial charge in [-0.2, -0.15) is 13.2 Å². The highest BCUT2D eigenvalue weighted by molar-refractivity contribution is 7.92. The van der Waals surface area contributed by atoms with Crippen LogP contribution >= 0.6 is 11.6 Å². The van der Waals surface area contributed by atoms with Crippen molar-refractivity contribution in [3.63, 3.8) is 0 Å². The van der Waals surface area contributed by atoms with Gasteiger partial charge in [-0.1, -0.05) is 17.7 Å². The Kier molecular flexibility index (Phi) is 6.65. The lowest BCUT2D eigenvalue weighted by Gasteiger charge is -2.34. The molecule has 0 radical (unpaired) electrons. The Morgan fingerprint density at radius 2 is 1.75 bits per heavy atom. The Balaban J connectivity index is 1.62. The minimum absolute atomic E-state index is 0.0633. The van der Waals surface area contributed by atoms with Crippen LogP contribution in [-0.2, 0) is 16.2 Å². The molecule has 3 aromatic rings. The lowest BCUT2D eigenvalue weighted by molar-refractivity contribution is -0.137. The molecule has 4 rings (SSSR count). The maximum absolute atomic E-state index is 14.8. The highest BCUT2D eigenvalue weighted by atomic mass is 35.5. The van der Waals surface area contributed by atoms with Crippen molar-refractivity contribution in [2.75, 3.05) is 16.7 Å². The highest BCUT2D eigenvalue weighted by Gasteiger charge is 2.38. The molecule has 12 heteroatoms. The Bertz CT molecular complexity index is 1480. The highest BCUT2D eigenvalue weighted by Crippen LogP contribution is 2.44. The van der Waals surface area contributed by atoms with Crippen LogP contribution < -0.4 is 14.4 Å². The number of para-hydroxylation sites is 1. The van der Waals surface area contributed by atoms with Crippen LogP contribution in [0.4, 0.5) is 33.3 Å². The second-order valence-corrected chi connectivity index (χ2v) is 10.1. The zero-order chi connectivity index (χ0) is 26.4. The molecular formula is C24H18ClF5N2O3S. The van der Waals surface area contributed by atoms with Crippen LogP contribution in [0.1, 0.15) is 18.1 Å². The summed E-state index contributed by atoms with van der Waals surface area (Å²) in [5.74, 6) is -1.79. The summed E-state index contributed by atoms with van der Waals surface area (Å²) in [5, 5.41) is -0.420. The van der Waals surface area contributed by atoms with Crippen LogP contribution in [-0.4, -0.2) is 21.5 Å². The molecule has 0 amide bonds. The lowest BCUT2D eigenvalue weighted by atomic mass is 9.98. The third-order valence-electron chi connectivity index (χ3n) is 5.58. The quantitative estimate of drug-likeness (QED) is 0.363. The van der Waals surface area contributed by atoms with Crippen LogP contribution in [0.5, 0.6) is 5.75 Å². The first-order valence-corrected chi connectivity index (χ1v) is 12.2. The van der Waals surface area contributed by atoms with E-state index in [0.717, 1.165) is 36.4 Å². The largest absolute Gasteiger partial charge is 0.457 e. The van der Waals surface area contributed by atoms with Gasteiger partial charge in [-0.25, -0.2) is 17.2 Å². The van der Waals surface area contributed by atoms with Gasteiger partial charge in [-0.15, -0.1) is 0 Å². The summed E-state index contributed by atoms with van der Waals surface area (Å²) in [6, 6.07) is 9.20. The van der Waals surface area contributed by atoms with Crippen LogP contribution in [0, 0.1) is 11.6 Å². The van der Waals surface area contributed by atoms with Gasteiger partial charge in [0.25, 0.3) is 10.0 Å². The number of rotatable bonds is 5. The molecule has 0 aliphatic carbocycles. The minimum Gasteiger partial charge on any atom is -0.457 e. The molecule has 3 aromatic carbocycles. The molecule has 1 N–H and O–H groups in total. The number of benzene rings is 3. The van der Waals surface area contributed by atoms with E-state index in [-0.39, 0.29) is 27.7 Å². The molecule has 36 heavy (non-hydrogen) atoms. The Morgan fingerprint density at radius 1 is 1.03 bits per heavy atom. The van der Waals surface area contributed by atoms with Crippen molar-refractivity contribution in [3.05, 3.63) is 88.5 Å². The number of ether oxygens (including phenoxy) is 1. The average Bonchev–Trinajstić information content (AvgIpc) is 2.79. The molecule has 5 nitrogen and oxygen atoms in total. The fourth-order valence-electron chi connectivity index (χ4n) is 3.68. The number of alkyl halides is 3. The molecule has 0 bridgehead atoms. The molecule has 1 aliphatic heterocycles. The number of anilines is 2. The van der Waals surface area contributed by atoms with Crippen LogP contribution in [0.25, 0.3) is 5.76 Å². The summed E-state index contributed by atoms with van der Waals surface area (Å²) in [4.78, 5) is 1.08. The third-order valence-corrected chi connectivity index (χ3v) is 7.23. The van der Waals surface area contributed by atoms with E-state index >= 15 is 0 Å². The maximum atomic E-state index is 14.8. The molecule has 1 atom stereocenters. The van der Waals surface area contributed by atoms with Crippen molar-refractivity contribution in [3.8, 4) is 5.75 Å². The number of fused-ring (bicyclic) bond motifs is 1. The molecule has 1 aliphatic rings. The lowest BCUT2D eigenvalue weighted by Crippen LogP contribution is -2.33. The van der Waals surface area contributed by atoms with Gasteiger partial charge in [0.2, 0.25) is 0 Å². The number of sulfonamides is 1. The first kappa shape index (κ1) is 25.8. The third kappa shape index (κ3) is 4.98. The summed E-state index contributed by atoms with van der Waals surface area (Å²) in [6.07, 6.45) is -3.00. The SMILES string of the molecule is CC1C=C(Oc2ccc(NS(=O)(=O)c3ccc(F)c(Cl)c3)c(F)c2)c2cccc(C(F)(F)F)c2N1C. The fourth-order valence-corrected chi connectivity index (χ4v) is 5.02. The fraction of sp³-hybridized carbons (Fsp3) is 0.167. The van der Waals surface area contributed by atoms with Gasteiger partial charge in [0.15, 0.2) is 5.82 Å². The number of nitrogens with zero attached hydrogens (tertiary/aromatic N) is 1. The van der Waals surface area contributed by atoms with E-state index in [1.54, 1.807) is 13.0 Å². The number of likely N-dealkylation sites (N-methyl/N-ethyl adjacent to an activating group) is 1. The summed E-state index contributed by atoms with van der Waals surface area (Å²) in [5.41, 5.74) is -1.16. The first-order valence-electron chi connectivity index (χ1n) is 10.4. The molecule has 0 saturated carbocycles. The topological polar surface area (TPSA) is 58.6 Å². The average molecular weight is 545 g/mol. The number of nitrogens with one attached hydrogen (secondary N) is 1. The van der Waals surface area contributed by atoms with E-state index in [4.69, 9.17) is 16.3 Å². The molecule has 0 fully saturated rings. The number of hydrogen-bond acceptors (Lipinski definition) is 4. The smallest absolute Gasteiger partial charge is 0.418 e. The molecule has 190 valence electrons. The van der Waals surface area contributed by atoms with Crippen molar-refractivity contribution in [1.82, 2.24) is 0 Å². The normalized spacial score (nSPS) is 15.8. The molecule has 0 aromatic heterocycles. The predicted octanol–water partition coefficient (Wildman–Crippen LogP) is 6.70. The second kappa shape index (κ2) is 9.29. The zero-order valence-electron chi connectivity index (χ0n) is 18.7. The zero-order valence-corrected chi connectivity index (χ0v) is 20.3. The molecule has 0 saturated heterocycles. The minimum atomic E-state index is -4.60. The monoisotopic (exact) mass is 544 g/mol. The van der Waals surface area contributed by atoms with Gasteiger partial charge in [0.1, 0.15) is 17.3 Å². The van der Waals surface area contributed by atoms with E-state index < -0.39 is 50.1 Å². The first-order chi connectivity index (χ1) is 16.8. The summed E-state index contributed by atoms with van der Waals surface area (Å²) in [7, 11) is -2.76. The Labute approximate surface area is 208 Å². The van der Waals surface area contributed by atoms with Crippen LogP contribution in [0.15, 0.2) is 65.6 Å². The van der Waals surface area contributed by atoms with Crippen molar-refractivity contribution < 1.29 is 35.1 Å². The van der Waals surface area contributed by atoms with E-state index in [0.29, 0.717) is 0 Å². The standard InChI is InChI=1S/C24H18ClF5N2O3S/c1-13-10-22(16-4-3-5-17(24(28,29)30)23(16)32(13)2)35-14-6-9-21(20(27)11-14)31-36(33,34)15-7-8-19(26)18(25)12-15/h3-13,31H,1-2H3. The van der Waals surface area contributed by atoms with Gasteiger partial charge in [0.05, 0.1) is 26.9 Å². The maximum Gasteiger partial charge on any atom is 0.418 e. The summed E-state index contributed by atoms with van der Waals surface area (Å²) >= 11 is 5.63. The van der Waals surface area contributed by atoms with Crippen molar-refractivity contribution in [2.24, 2.45) is 0 Å². The van der Waals surface area contributed by atoms with Gasteiger partial charge < -0.3 is 9.64 Å². The molecule has 1 unspecified atom stereocenters. The van der Waals surface area contributed by atoms with E-state index in [1.807, 2.05) is 4.72 Å². The van der Waals surface area contributed by atoms with E-state index in [2.05, 4.69) is 0 Å². The van der Waals surface area contributed by atoms with Gasteiger partial charge in [-0.05, 0) is 55.5 Å². The second-order valence-electron chi connectivity index (χ2n) is 8.01. The van der Waals surface area contributed by atoms with Gasteiger partial charge in [-0.3, -0.25) is 4.72 Å². The van der Waals surface area contributed by atoms with Gasteiger partial charge in [0, 0.05) is 24.7 Å². The molecular weight excluding hydrogens is 527 g/mol. The van der Waals surface area contributed by atoms with Crippen molar-refractivity contribution in [2.45, 2.75) is 24.0 Å². The Hall–Kier alpha value is -3.31. The van der Waals surface area contributed by atoms with Gasteiger partial charge >= 0.3 is 6.18 Å². The molecule has 0 spiro atoms. The van der Waals surface area contributed by atoms with Crippen LogP contribution in [0.3, 0.4) is 0 Å².